The van der Waals surface area contributed by atoms with Gasteiger partial charge in [-0.1, -0.05) is 19.9 Å². The van der Waals surface area contributed by atoms with E-state index in [0.29, 0.717) is 31.1 Å². The fraction of sp³-hybridized carbons (Fsp3) is 0.444. The highest BCUT2D eigenvalue weighted by molar-refractivity contribution is 5.94. The van der Waals surface area contributed by atoms with Gasteiger partial charge in [0.1, 0.15) is 18.5 Å². The molecule has 126 valence electrons. The van der Waals surface area contributed by atoms with Crippen molar-refractivity contribution in [2.24, 2.45) is 0 Å². The fourth-order valence-corrected chi connectivity index (χ4v) is 1.93. The molecule has 5 nitrogen and oxygen atoms in total. The first-order valence-corrected chi connectivity index (χ1v) is 7.71. The Bertz CT molecular complexity index is 507. The fourth-order valence-electron chi connectivity index (χ4n) is 1.93. The summed E-state index contributed by atoms with van der Waals surface area (Å²) < 4.78 is 16.2. The van der Waals surface area contributed by atoms with Crippen molar-refractivity contribution in [2.75, 3.05) is 19.8 Å². The third-order valence-electron chi connectivity index (χ3n) is 3.12. The molecule has 0 aliphatic heterocycles. The number of rotatable bonds is 11. The van der Waals surface area contributed by atoms with E-state index in [0.717, 1.165) is 18.9 Å². The summed E-state index contributed by atoms with van der Waals surface area (Å²) in [6, 6.07) is 6.96. The molecular weight excluding hydrogens is 296 g/mol. The van der Waals surface area contributed by atoms with Gasteiger partial charge in [-0.2, -0.15) is 0 Å². The van der Waals surface area contributed by atoms with Gasteiger partial charge in [0.15, 0.2) is 5.78 Å². The molecule has 0 aromatic heterocycles. The zero-order valence-corrected chi connectivity index (χ0v) is 13.7. The van der Waals surface area contributed by atoms with Crippen LogP contribution in [0.4, 0.5) is 0 Å². The van der Waals surface area contributed by atoms with E-state index >= 15 is 0 Å². The van der Waals surface area contributed by atoms with E-state index in [9.17, 15) is 9.59 Å². The average molecular weight is 320 g/mol. The summed E-state index contributed by atoms with van der Waals surface area (Å²) in [7, 11) is 0. The standard InChI is InChI=1S/C18H24O5/c1-4-6-17(23-18(20)5-2)13-21-11-12-22-16-9-7-15(8-10-16)14(3)19/h5,7-10,17H,2,4,6,11-13H2,1,3H3. The molecule has 1 atom stereocenters. The Morgan fingerprint density at radius 3 is 2.48 bits per heavy atom. The zero-order chi connectivity index (χ0) is 17.1. The van der Waals surface area contributed by atoms with Gasteiger partial charge >= 0.3 is 5.97 Å². The smallest absolute Gasteiger partial charge is 0.330 e. The summed E-state index contributed by atoms with van der Waals surface area (Å²) in [4.78, 5) is 22.4. The monoisotopic (exact) mass is 320 g/mol. The molecule has 0 spiro atoms. The normalized spacial score (nSPS) is 11.6. The van der Waals surface area contributed by atoms with Gasteiger partial charge in [-0.25, -0.2) is 4.79 Å². The molecule has 0 N–H and O–H groups in total. The van der Waals surface area contributed by atoms with Crippen molar-refractivity contribution in [2.45, 2.75) is 32.8 Å². The van der Waals surface area contributed by atoms with E-state index < -0.39 is 5.97 Å². The Kier molecular flexibility index (Phi) is 8.68. The van der Waals surface area contributed by atoms with Gasteiger partial charge in [0.25, 0.3) is 0 Å². The van der Waals surface area contributed by atoms with Crippen molar-refractivity contribution in [1.82, 2.24) is 0 Å². The van der Waals surface area contributed by atoms with Crippen molar-refractivity contribution in [3.63, 3.8) is 0 Å². The van der Waals surface area contributed by atoms with Crippen LogP contribution in [0.1, 0.15) is 37.0 Å². The SMILES string of the molecule is C=CC(=O)OC(CCC)COCCOc1ccc(C(C)=O)cc1. The molecule has 23 heavy (non-hydrogen) atoms. The lowest BCUT2D eigenvalue weighted by Crippen LogP contribution is -2.23. The first-order valence-electron chi connectivity index (χ1n) is 7.71. The number of benzene rings is 1. The van der Waals surface area contributed by atoms with E-state index in [1.807, 2.05) is 6.92 Å². The third kappa shape index (κ3) is 7.61. The van der Waals surface area contributed by atoms with Gasteiger partial charge in [-0.15, -0.1) is 0 Å². The van der Waals surface area contributed by atoms with Crippen molar-refractivity contribution in [3.8, 4) is 5.75 Å². The van der Waals surface area contributed by atoms with Crippen LogP contribution in [0.5, 0.6) is 5.75 Å². The minimum Gasteiger partial charge on any atom is -0.491 e. The Labute approximate surface area is 137 Å². The summed E-state index contributed by atoms with van der Waals surface area (Å²) >= 11 is 0. The zero-order valence-electron chi connectivity index (χ0n) is 13.7. The van der Waals surface area contributed by atoms with Gasteiger partial charge < -0.3 is 14.2 Å². The Balaban J connectivity index is 2.26. The molecule has 0 saturated carbocycles. The Morgan fingerprint density at radius 1 is 1.22 bits per heavy atom. The third-order valence-corrected chi connectivity index (χ3v) is 3.12. The first kappa shape index (κ1) is 18.9. The van der Waals surface area contributed by atoms with Crippen LogP contribution < -0.4 is 4.74 Å². The predicted octanol–water partition coefficient (Wildman–Crippen LogP) is 3.18. The van der Waals surface area contributed by atoms with E-state index in [1.54, 1.807) is 24.3 Å². The molecule has 1 aromatic rings. The topological polar surface area (TPSA) is 61.8 Å². The second kappa shape index (κ2) is 10.6. The molecule has 1 aromatic carbocycles. The number of carbonyl (C=O) groups is 2. The number of Topliss-reactive ketones (excluding diaryl/α,β-unsaturated/α-hetero) is 1. The second-order valence-corrected chi connectivity index (χ2v) is 5.06. The highest BCUT2D eigenvalue weighted by Crippen LogP contribution is 2.12. The van der Waals surface area contributed by atoms with Crippen LogP contribution in [-0.2, 0) is 14.3 Å². The maximum atomic E-state index is 11.2. The highest BCUT2D eigenvalue weighted by Gasteiger charge is 2.11. The average Bonchev–Trinajstić information content (AvgIpc) is 2.54. The molecule has 0 aliphatic rings. The quantitative estimate of drug-likeness (QED) is 0.271. The molecule has 0 aliphatic carbocycles. The highest BCUT2D eigenvalue weighted by atomic mass is 16.6. The van der Waals surface area contributed by atoms with E-state index in [-0.39, 0.29) is 11.9 Å². The van der Waals surface area contributed by atoms with Gasteiger partial charge in [0.2, 0.25) is 0 Å². The van der Waals surface area contributed by atoms with Crippen molar-refractivity contribution >= 4 is 11.8 Å². The van der Waals surface area contributed by atoms with Crippen molar-refractivity contribution in [3.05, 3.63) is 42.5 Å². The van der Waals surface area contributed by atoms with Crippen LogP contribution in [0.3, 0.4) is 0 Å². The van der Waals surface area contributed by atoms with Crippen LogP contribution in [0, 0.1) is 0 Å². The largest absolute Gasteiger partial charge is 0.491 e. The number of ether oxygens (including phenoxy) is 3. The van der Waals surface area contributed by atoms with E-state index in [4.69, 9.17) is 14.2 Å². The molecule has 0 radical (unpaired) electrons. The summed E-state index contributed by atoms with van der Waals surface area (Å²) in [5.74, 6) is 0.270. The van der Waals surface area contributed by atoms with Crippen LogP contribution in [0.25, 0.3) is 0 Å². The lowest BCUT2D eigenvalue weighted by molar-refractivity contribution is -0.146. The number of ketones is 1. The molecule has 0 saturated heterocycles. The maximum absolute atomic E-state index is 11.2. The van der Waals surface area contributed by atoms with Crippen LogP contribution in [-0.4, -0.2) is 37.7 Å². The molecule has 5 heteroatoms. The summed E-state index contributed by atoms with van der Waals surface area (Å²) in [5, 5.41) is 0. The minimum absolute atomic E-state index is 0.0240. The number of esters is 1. The number of carbonyl (C=O) groups excluding carboxylic acids is 2. The maximum Gasteiger partial charge on any atom is 0.330 e. The molecule has 1 unspecified atom stereocenters. The number of hydrogen-bond donors (Lipinski definition) is 0. The lowest BCUT2D eigenvalue weighted by atomic mass is 10.1. The van der Waals surface area contributed by atoms with Gasteiger partial charge in [0, 0.05) is 11.6 Å². The Morgan fingerprint density at radius 2 is 1.91 bits per heavy atom. The Hall–Kier alpha value is -2.14. The lowest BCUT2D eigenvalue weighted by Gasteiger charge is -2.16. The van der Waals surface area contributed by atoms with E-state index in [1.165, 1.54) is 6.92 Å². The first-order chi connectivity index (χ1) is 11.1. The molecule has 1 rings (SSSR count). The van der Waals surface area contributed by atoms with E-state index in [2.05, 4.69) is 6.58 Å². The number of hydrogen-bond acceptors (Lipinski definition) is 5. The van der Waals surface area contributed by atoms with Crippen LogP contribution in [0.15, 0.2) is 36.9 Å². The molecular formula is C18H24O5. The van der Waals surface area contributed by atoms with Crippen molar-refractivity contribution < 1.29 is 23.8 Å². The van der Waals surface area contributed by atoms with Crippen molar-refractivity contribution in [1.29, 1.82) is 0 Å². The molecule has 0 bridgehead atoms. The second-order valence-electron chi connectivity index (χ2n) is 5.06. The van der Waals surface area contributed by atoms with Gasteiger partial charge in [-0.05, 0) is 37.6 Å². The van der Waals surface area contributed by atoms with Crippen LogP contribution in [0.2, 0.25) is 0 Å². The molecule has 0 amide bonds. The summed E-state index contributed by atoms with van der Waals surface area (Å²) in [6.07, 6.45) is 2.53. The molecule has 0 fully saturated rings. The molecule has 0 heterocycles. The van der Waals surface area contributed by atoms with Gasteiger partial charge in [0.05, 0.1) is 13.2 Å². The summed E-state index contributed by atoms with van der Waals surface area (Å²) in [6.45, 7) is 8.02. The predicted molar refractivity (Wildman–Crippen MR) is 87.7 cm³/mol. The summed E-state index contributed by atoms with van der Waals surface area (Å²) in [5.41, 5.74) is 0.653. The minimum atomic E-state index is -0.436. The van der Waals surface area contributed by atoms with Gasteiger partial charge in [-0.3, -0.25) is 4.79 Å². The van der Waals surface area contributed by atoms with Crippen LogP contribution >= 0.6 is 0 Å².